The van der Waals surface area contributed by atoms with E-state index in [1.165, 1.54) is 0 Å². The number of nitrogens with zero attached hydrogens (tertiary/aromatic N) is 3. The summed E-state index contributed by atoms with van der Waals surface area (Å²) < 4.78 is 0. The van der Waals surface area contributed by atoms with Gasteiger partial charge in [0.15, 0.2) is 0 Å². The van der Waals surface area contributed by atoms with E-state index >= 15 is 0 Å². The molecule has 6 heteroatoms. The van der Waals surface area contributed by atoms with Crippen LogP contribution in [0.15, 0.2) is 18.6 Å². The number of carboxylic acids is 1. The van der Waals surface area contributed by atoms with Gasteiger partial charge in [0, 0.05) is 44.5 Å². The summed E-state index contributed by atoms with van der Waals surface area (Å²) in [4.78, 5) is 33.3. The molecule has 1 N–H and O–H groups in total. The molecule has 1 aliphatic rings. The summed E-state index contributed by atoms with van der Waals surface area (Å²) >= 11 is 0. The molecule has 1 aromatic heterocycles. The van der Waals surface area contributed by atoms with Gasteiger partial charge in [-0.2, -0.15) is 0 Å². The van der Waals surface area contributed by atoms with Crippen molar-refractivity contribution in [3.05, 3.63) is 24.3 Å². The van der Waals surface area contributed by atoms with Crippen molar-refractivity contribution < 1.29 is 14.7 Å². The van der Waals surface area contributed by atoms with E-state index in [-0.39, 0.29) is 17.7 Å². The van der Waals surface area contributed by atoms with Gasteiger partial charge >= 0.3 is 5.97 Å². The van der Waals surface area contributed by atoms with E-state index in [0.717, 1.165) is 18.5 Å². The number of aliphatic carboxylic acids is 1. The molecular formula is C15H21N3O3. The molecule has 0 spiro atoms. The molecule has 1 aliphatic carbocycles. The van der Waals surface area contributed by atoms with Crippen LogP contribution in [0.4, 0.5) is 0 Å². The molecule has 114 valence electrons. The lowest BCUT2D eigenvalue weighted by atomic mass is 9.81. The molecule has 1 amide bonds. The summed E-state index contributed by atoms with van der Waals surface area (Å²) in [6.45, 7) is 0.575. The first-order valence-corrected chi connectivity index (χ1v) is 7.30. The Morgan fingerprint density at radius 2 is 2.10 bits per heavy atom. The molecule has 6 nitrogen and oxygen atoms in total. The normalized spacial score (nSPS) is 21.8. The first kappa shape index (κ1) is 15.4. The zero-order valence-corrected chi connectivity index (χ0v) is 12.2. The zero-order chi connectivity index (χ0) is 15.2. The second kappa shape index (κ2) is 7.15. The fourth-order valence-corrected chi connectivity index (χ4v) is 2.80. The van der Waals surface area contributed by atoms with Gasteiger partial charge in [-0.25, -0.2) is 0 Å². The van der Waals surface area contributed by atoms with Crippen LogP contribution in [0, 0.1) is 11.8 Å². The number of likely N-dealkylation sites (N-methyl/N-ethyl adjacent to an activating group) is 1. The quantitative estimate of drug-likeness (QED) is 0.885. The van der Waals surface area contributed by atoms with Crippen molar-refractivity contribution in [2.45, 2.75) is 32.1 Å². The Bertz CT molecular complexity index is 492. The maximum Gasteiger partial charge on any atom is 0.306 e. The van der Waals surface area contributed by atoms with Gasteiger partial charge in [0.25, 0.3) is 0 Å². The molecule has 21 heavy (non-hydrogen) atoms. The van der Waals surface area contributed by atoms with Crippen LogP contribution >= 0.6 is 0 Å². The van der Waals surface area contributed by atoms with Gasteiger partial charge in [-0.15, -0.1) is 0 Å². The smallest absolute Gasteiger partial charge is 0.306 e. The average molecular weight is 291 g/mol. The van der Waals surface area contributed by atoms with Crippen molar-refractivity contribution in [3.63, 3.8) is 0 Å². The first-order valence-electron chi connectivity index (χ1n) is 7.30. The van der Waals surface area contributed by atoms with Crippen LogP contribution in [-0.2, 0) is 16.0 Å². The summed E-state index contributed by atoms with van der Waals surface area (Å²) in [5, 5.41) is 9.09. The summed E-state index contributed by atoms with van der Waals surface area (Å²) in [5.41, 5.74) is 0.851. The van der Waals surface area contributed by atoms with Crippen molar-refractivity contribution in [1.29, 1.82) is 0 Å². The Balaban J connectivity index is 1.85. The molecule has 2 unspecified atom stereocenters. The van der Waals surface area contributed by atoms with E-state index in [2.05, 4.69) is 9.97 Å². The SMILES string of the molecule is CN(CCc1cnccn1)C(=O)C1CCCC(C(=O)O)C1. The van der Waals surface area contributed by atoms with Gasteiger partial charge in [-0.3, -0.25) is 19.6 Å². The van der Waals surface area contributed by atoms with Gasteiger partial charge in [-0.1, -0.05) is 6.42 Å². The average Bonchev–Trinajstić information content (AvgIpc) is 2.53. The number of hydrogen-bond acceptors (Lipinski definition) is 4. The van der Waals surface area contributed by atoms with Crippen LogP contribution < -0.4 is 0 Å². The number of aromatic nitrogens is 2. The van der Waals surface area contributed by atoms with Crippen molar-refractivity contribution in [3.8, 4) is 0 Å². The Hall–Kier alpha value is -1.98. The van der Waals surface area contributed by atoms with E-state index in [1.807, 2.05) is 0 Å². The molecule has 1 saturated carbocycles. The molecule has 1 heterocycles. The molecule has 2 rings (SSSR count). The summed E-state index contributed by atoms with van der Waals surface area (Å²) in [5.74, 6) is -1.27. The third-order valence-corrected chi connectivity index (χ3v) is 4.07. The predicted octanol–water partition coefficient (Wildman–Crippen LogP) is 1.37. The first-order chi connectivity index (χ1) is 10.1. The molecule has 0 aliphatic heterocycles. The lowest BCUT2D eigenvalue weighted by Gasteiger charge is -2.29. The highest BCUT2D eigenvalue weighted by atomic mass is 16.4. The maximum atomic E-state index is 12.4. The van der Waals surface area contributed by atoms with E-state index in [0.29, 0.717) is 25.8 Å². The van der Waals surface area contributed by atoms with Crippen LogP contribution in [0.2, 0.25) is 0 Å². The molecule has 1 aromatic rings. The van der Waals surface area contributed by atoms with Gasteiger partial charge in [0.05, 0.1) is 11.6 Å². The third-order valence-electron chi connectivity index (χ3n) is 4.07. The van der Waals surface area contributed by atoms with Crippen molar-refractivity contribution in [1.82, 2.24) is 14.9 Å². The number of rotatable bonds is 5. The van der Waals surface area contributed by atoms with Gasteiger partial charge in [0.1, 0.15) is 0 Å². The number of carboxylic acid groups (broad SMARTS) is 1. The Kier molecular flexibility index (Phi) is 5.25. The lowest BCUT2D eigenvalue weighted by molar-refractivity contribution is -0.145. The molecule has 2 atom stereocenters. The molecule has 0 bridgehead atoms. The largest absolute Gasteiger partial charge is 0.481 e. The second-order valence-corrected chi connectivity index (χ2v) is 5.61. The minimum Gasteiger partial charge on any atom is -0.481 e. The van der Waals surface area contributed by atoms with Crippen LogP contribution in [0.3, 0.4) is 0 Å². The van der Waals surface area contributed by atoms with E-state index < -0.39 is 5.97 Å². The Morgan fingerprint density at radius 3 is 2.76 bits per heavy atom. The van der Waals surface area contributed by atoms with Gasteiger partial charge in [0.2, 0.25) is 5.91 Å². The number of carbonyl (C=O) groups excluding carboxylic acids is 1. The molecular weight excluding hydrogens is 270 g/mol. The number of amides is 1. The molecule has 0 radical (unpaired) electrons. The zero-order valence-electron chi connectivity index (χ0n) is 12.2. The van der Waals surface area contributed by atoms with Gasteiger partial charge < -0.3 is 10.0 Å². The van der Waals surface area contributed by atoms with E-state index in [9.17, 15) is 9.59 Å². The second-order valence-electron chi connectivity index (χ2n) is 5.61. The fourth-order valence-electron chi connectivity index (χ4n) is 2.80. The highest BCUT2D eigenvalue weighted by molar-refractivity contribution is 5.80. The number of hydrogen-bond donors (Lipinski definition) is 1. The van der Waals surface area contributed by atoms with Crippen LogP contribution in [-0.4, -0.2) is 45.4 Å². The lowest BCUT2D eigenvalue weighted by Crippen LogP contribution is -2.37. The van der Waals surface area contributed by atoms with Crippen molar-refractivity contribution >= 4 is 11.9 Å². The van der Waals surface area contributed by atoms with Crippen molar-refractivity contribution in [2.24, 2.45) is 11.8 Å². The standard InChI is InChI=1S/C15H21N3O3/c1-18(8-5-13-10-16-6-7-17-13)14(19)11-3-2-4-12(9-11)15(20)21/h6-7,10-12H,2-5,8-9H2,1H3,(H,20,21). The van der Waals surface area contributed by atoms with Crippen LogP contribution in [0.5, 0.6) is 0 Å². The van der Waals surface area contributed by atoms with Gasteiger partial charge in [-0.05, 0) is 19.3 Å². The highest BCUT2D eigenvalue weighted by Crippen LogP contribution is 2.30. The van der Waals surface area contributed by atoms with Crippen molar-refractivity contribution in [2.75, 3.05) is 13.6 Å². The van der Waals surface area contributed by atoms with Crippen LogP contribution in [0.25, 0.3) is 0 Å². The van der Waals surface area contributed by atoms with E-state index in [4.69, 9.17) is 5.11 Å². The van der Waals surface area contributed by atoms with Crippen LogP contribution in [0.1, 0.15) is 31.4 Å². The predicted molar refractivity (Wildman–Crippen MR) is 76.5 cm³/mol. The highest BCUT2D eigenvalue weighted by Gasteiger charge is 2.32. The third kappa shape index (κ3) is 4.24. The van der Waals surface area contributed by atoms with E-state index in [1.54, 1.807) is 30.5 Å². The fraction of sp³-hybridized carbons (Fsp3) is 0.600. The maximum absolute atomic E-state index is 12.4. The number of carbonyl (C=O) groups is 2. The summed E-state index contributed by atoms with van der Waals surface area (Å²) in [6.07, 6.45) is 8.35. The molecule has 1 fully saturated rings. The molecule has 0 saturated heterocycles. The summed E-state index contributed by atoms with van der Waals surface area (Å²) in [7, 11) is 1.77. The monoisotopic (exact) mass is 291 g/mol. The minimum absolute atomic E-state index is 0.0461. The summed E-state index contributed by atoms with van der Waals surface area (Å²) in [6, 6.07) is 0. The Morgan fingerprint density at radius 1 is 1.33 bits per heavy atom. The topological polar surface area (TPSA) is 83.4 Å². The Labute approximate surface area is 124 Å². The minimum atomic E-state index is -0.783. The molecule has 0 aromatic carbocycles.